The number of azo groups is 1. The van der Waals surface area contributed by atoms with E-state index in [9.17, 15) is 26.4 Å². The molecule has 0 fully saturated rings. The van der Waals surface area contributed by atoms with Crippen molar-refractivity contribution in [1.29, 1.82) is 0 Å². The Bertz CT molecular complexity index is 620. The maximum atomic E-state index is 10.9. The molecule has 0 saturated carbocycles. The smallest absolute Gasteiger partial charge is 0.368 e. The van der Waals surface area contributed by atoms with Crippen molar-refractivity contribution in [3.63, 3.8) is 0 Å². The zero-order chi connectivity index (χ0) is 19.3. The molecule has 0 spiro atoms. The quantitative estimate of drug-likeness (QED) is 0.313. The molecule has 6 N–H and O–H groups in total. The Morgan fingerprint density at radius 2 is 1.04 bits per heavy atom. The van der Waals surface area contributed by atoms with E-state index in [1.807, 2.05) is 0 Å². The van der Waals surface area contributed by atoms with Crippen LogP contribution in [0, 0.1) is 0 Å². The number of amides is 2. The molecule has 0 heterocycles. The summed E-state index contributed by atoms with van der Waals surface area (Å²) in [4.78, 5) is 21.7. The molecule has 0 rings (SSSR count). The maximum Gasteiger partial charge on any atom is 0.413 e. The van der Waals surface area contributed by atoms with E-state index in [1.54, 1.807) is 0 Å². The average Bonchev–Trinajstić information content (AvgIpc) is 2.22. The topological polar surface area (TPSA) is 229 Å². The molecule has 0 atom stereocenters. The van der Waals surface area contributed by atoms with Gasteiger partial charge < -0.3 is 11.5 Å². The maximum absolute atomic E-state index is 10.9. The van der Waals surface area contributed by atoms with Gasteiger partial charge in [-0.1, -0.05) is 0 Å². The van der Waals surface area contributed by atoms with Crippen LogP contribution in [0.5, 0.6) is 0 Å². The molecule has 0 aromatic carbocycles. The highest BCUT2D eigenvalue weighted by Gasteiger charge is 2.29. The molecule has 0 bridgehead atoms. The molecular formula is C8H18N4O9S2. The first kappa shape index (κ1) is 23.6. The number of hydrogen-bond donors (Lipinski definition) is 4. The molecule has 0 saturated heterocycles. The van der Waals surface area contributed by atoms with E-state index in [0.29, 0.717) is 0 Å². The van der Waals surface area contributed by atoms with E-state index in [1.165, 1.54) is 27.7 Å². The molecule has 0 unspecified atom stereocenters. The van der Waals surface area contributed by atoms with Gasteiger partial charge in [-0.15, -0.1) is 3.63 Å². The van der Waals surface area contributed by atoms with Crippen molar-refractivity contribution < 1.29 is 39.2 Å². The summed E-state index contributed by atoms with van der Waals surface area (Å²) in [5.74, 6) is -1.22. The zero-order valence-electron chi connectivity index (χ0n) is 12.6. The van der Waals surface area contributed by atoms with Gasteiger partial charge in [-0.3, -0.25) is 18.7 Å². The minimum absolute atomic E-state index is 0.610. The van der Waals surface area contributed by atoms with Crippen LogP contribution in [0.3, 0.4) is 0 Å². The summed E-state index contributed by atoms with van der Waals surface area (Å²) >= 11 is 0. The minimum atomic E-state index is -5.12. The Labute approximate surface area is 133 Å². The first-order valence-corrected chi connectivity index (χ1v) is 8.23. The molecule has 0 aliphatic rings. The van der Waals surface area contributed by atoms with Gasteiger partial charge in [0.2, 0.25) is 11.8 Å². The van der Waals surface area contributed by atoms with Crippen LogP contribution in [0.25, 0.3) is 0 Å². The van der Waals surface area contributed by atoms with E-state index in [0.717, 1.165) is 0 Å². The molecule has 2 amide bonds. The standard InChI is InChI=1S/C8H16N4O2.H2O7S2/c1-7(2,5(9)13)11-12-8(3,4)6(10)14;1-8(2,3)7-9(4,5)6/h1-4H3,(H2,9,13)(H2,10,14);(H,1,2,3)(H,4,5,6). The largest absolute Gasteiger partial charge is 0.413 e. The summed E-state index contributed by atoms with van der Waals surface area (Å²) in [6, 6.07) is 0. The Kier molecular flexibility index (Phi) is 7.93. The monoisotopic (exact) mass is 378 g/mol. The summed E-state index contributed by atoms with van der Waals surface area (Å²) in [7, 11) is -10.2. The Hall–Kier alpha value is -1.68. The molecule has 0 radical (unpaired) electrons. The first-order chi connectivity index (χ1) is 9.80. The van der Waals surface area contributed by atoms with Crippen molar-refractivity contribution in [2.75, 3.05) is 0 Å². The van der Waals surface area contributed by atoms with Gasteiger partial charge in [0.25, 0.3) is 0 Å². The van der Waals surface area contributed by atoms with E-state index < -0.39 is 43.7 Å². The lowest BCUT2D eigenvalue weighted by Crippen LogP contribution is -2.39. The lowest BCUT2D eigenvalue weighted by atomic mass is 10.1. The second-order valence-electron chi connectivity index (χ2n) is 4.97. The number of rotatable bonds is 6. The second-order valence-corrected chi connectivity index (χ2v) is 7.23. The highest BCUT2D eigenvalue weighted by Crippen LogP contribution is 2.14. The van der Waals surface area contributed by atoms with Gasteiger partial charge in [-0.2, -0.15) is 27.1 Å². The summed E-state index contributed by atoms with van der Waals surface area (Å²) in [6.45, 7) is 6.04. The first-order valence-electron chi connectivity index (χ1n) is 5.50. The molecule has 13 nitrogen and oxygen atoms in total. The third-order valence-electron chi connectivity index (χ3n) is 1.93. The number of carbonyl (C=O) groups excluding carboxylic acids is 2. The summed E-state index contributed by atoms with van der Waals surface area (Å²) < 4.78 is 55.6. The van der Waals surface area contributed by atoms with Crippen LogP contribution < -0.4 is 11.5 Å². The third-order valence-corrected chi connectivity index (χ3v) is 3.30. The van der Waals surface area contributed by atoms with Gasteiger partial charge >= 0.3 is 20.8 Å². The lowest BCUT2D eigenvalue weighted by molar-refractivity contribution is -0.124. The Balaban J connectivity index is 0. The predicted molar refractivity (Wildman–Crippen MR) is 75.6 cm³/mol. The van der Waals surface area contributed by atoms with Crippen LogP contribution in [0.15, 0.2) is 10.2 Å². The zero-order valence-corrected chi connectivity index (χ0v) is 14.3. The van der Waals surface area contributed by atoms with Crippen molar-refractivity contribution >= 4 is 32.6 Å². The van der Waals surface area contributed by atoms with Crippen molar-refractivity contribution in [2.45, 2.75) is 38.8 Å². The average molecular weight is 378 g/mol. The normalized spacial score (nSPS) is 13.3. The highest BCUT2D eigenvalue weighted by molar-refractivity contribution is 7.94. The lowest BCUT2D eigenvalue weighted by Gasteiger charge is -2.17. The fourth-order valence-electron chi connectivity index (χ4n) is 0.457. The van der Waals surface area contributed by atoms with Crippen LogP contribution in [0.4, 0.5) is 0 Å². The van der Waals surface area contributed by atoms with Gasteiger partial charge in [0.1, 0.15) is 0 Å². The van der Waals surface area contributed by atoms with Crippen molar-refractivity contribution in [3.05, 3.63) is 0 Å². The van der Waals surface area contributed by atoms with Crippen LogP contribution in [0.1, 0.15) is 27.7 Å². The molecule has 136 valence electrons. The van der Waals surface area contributed by atoms with Gasteiger partial charge in [-0.05, 0) is 27.7 Å². The predicted octanol–water partition coefficient (Wildman–Crippen LogP) is -1.42. The van der Waals surface area contributed by atoms with Gasteiger partial charge in [0.05, 0.1) is 0 Å². The van der Waals surface area contributed by atoms with Gasteiger partial charge in [-0.25, -0.2) is 0 Å². The highest BCUT2D eigenvalue weighted by atomic mass is 32.3. The van der Waals surface area contributed by atoms with Crippen LogP contribution in [-0.2, 0) is 34.0 Å². The van der Waals surface area contributed by atoms with E-state index in [4.69, 9.17) is 20.6 Å². The molecule has 23 heavy (non-hydrogen) atoms. The minimum Gasteiger partial charge on any atom is -0.368 e. The second kappa shape index (κ2) is 7.73. The molecule has 0 aromatic rings. The molecule has 0 aliphatic carbocycles. The van der Waals surface area contributed by atoms with Crippen LogP contribution >= 0.6 is 0 Å². The fraction of sp³-hybridized carbons (Fsp3) is 0.750. The Morgan fingerprint density at radius 3 is 1.13 bits per heavy atom. The molecular weight excluding hydrogens is 360 g/mol. The van der Waals surface area contributed by atoms with Gasteiger partial charge in [0, 0.05) is 0 Å². The van der Waals surface area contributed by atoms with Gasteiger partial charge in [0.15, 0.2) is 11.1 Å². The van der Waals surface area contributed by atoms with Crippen LogP contribution in [0.2, 0.25) is 0 Å². The summed E-state index contributed by atoms with van der Waals surface area (Å²) in [5.41, 5.74) is 7.90. The fourth-order valence-corrected chi connectivity index (χ4v) is 1.33. The number of nitrogens with two attached hydrogens (primary N) is 2. The number of primary amides is 2. The van der Waals surface area contributed by atoms with E-state index in [2.05, 4.69) is 13.9 Å². The summed E-state index contributed by atoms with van der Waals surface area (Å²) in [6.07, 6.45) is 0. The van der Waals surface area contributed by atoms with Crippen molar-refractivity contribution in [2.24, 2.45) is 21.7 Å². The third kappa shape index (κ3) is 12.5. The Morgan fingerprint density at radius 1 is 0.826 bits per heavy atom. The molecule has 0 aliphatic heterocycles. The number of hydrogen-bond acceptors (Lipinski definition) is 9. The van der Waals surface area contributed by atoms with Crippen LogP contribution in [-0.4, -0.2) is 48.8 Å². The SMILES string of the molecule is CC(C)(N=NC(C)(C)C(N)=O)C(N)=O.O=S(=O)(O)OS(=O)(=O)O. The van der Waals surface area contributed by atoms with Crippen molar-refractivity contribution in [1.82, 2.24) is 0 Å². The molecule has 15 heteroatoms. The van der Waals surface area contributed by atoms with E-state index >= 15 is 0 Å². The number of carbonyl (C=O) groups is 2. The van der Waals surface area contributed by atoms with E-state index in [-0.39, 0.29) is 0 Å². The number of nitrogens with zero attached hydrogens (tertiary/aromatic N) is 2. The molecule has 0 aromatic heterocycles. The summed E-state index contributed by atoms with van der Waals surface area (Å²) in [5, 5.41) is 7.40. The van der Waals surface area contributed by atoms with Crippen molar-refractivity contribution in [3.8, 4) is 0 Å².